The van der Waals surface area contributed by atoms with Crippen molar-refractivity contribution < 1.29 is 145 Å². The van der Waals surface area contributed by atoms with Crippen LogP contribution in [0.2, 0.25) is 0 Å². The minimum Gasteiger partial charge on any atom is -0.508 e. The van der Waals surface area contributed by atoms with E-state index in [0.717, 1.165) is 30.4 Å². The highest BCUT2D eigenvalue weighted by molar-refractivity contribution is 8.00. The summed E-state index contributed by atoms with van der Waals surface area (Å²) >= 11 is 2.64. The molecule has 786 valence electrons. The SMILES string of the molecule is C[C@H]1CSCC(=O)N2CCOCCN3CCOCCN(CCOCC2)C(=O)CSC[C@H](NC(=O)[C@@H](C)NC(=O)[C@H](Cc2cccc4ccccc24)CC(=O)[C@H](CCC(=O)O)NC(=O)[C@H](CC(N)=O)NC(=O)[C@@H](C)NC1=O)C(=O)N[C@@H](CCC(=O)O)C(=O)N[C@@H](CC(=O)O)C(=O)N[C@@H](Cc1ccccc1)C(=O)N[C@@H](Cc1ccc(O)cc1)C(=O)N[C@@H](CC(=O)O)C(=O)N[C@@H](C(C)(C)C)C(=O)C[C@H](C(N)=O)CSCC3=O. The first-order valence-corrected chi connectivity index (χ1v) is 50.1. The van der Waals surface area contributed by atoms with Crippen LogP contribution >= 0.6 is 35.3 Å². The Hall–Kier alpha value is -13.4. The average Bonchev–Trinajstić information content (AvgIpc) is 0.817. The number of ether oxygens (including phenoxy) is 3. The van der Waals surface area contributed by atoms with E-state index in [0.29, 0.717) is 33.7 Å². The van der Waals surface area contributed by atoms with E-state index in [1.165, 1.54) is 97.8 Å². The van der Waals surface area contributed by atoms with Gasteiger partial charge in [-0.15, -0.1) is 11.8 Å². The number of nitrogens with one attached hydrogen (secondary N) is 11. The number of carboxylic acid groups (broad SMARTS) is 4. The van der Waals surface area contributed by atoms with Gasteiger partial charge in [0, 0.05) is 107 Å². The zero-order valence-electron chi connectivity index (χ0n) is 80.7. The third kappa shape index (κ3) is 40.4. The highest BCUT2D eigenvalue weighted by Crippen LogP contribution is 2.28. The molecule has 49 heteroatoms. The Labute approximate surface area is 842 Å². The Balaban J connectivity index is 1.37. The lowest BCUT2D eigenvalue weighted by Gasteiger charge is -2.32. The molecule has 20 N–H and O–H groups in total. The van der Waals surface area contributed by atoms with Crippen LogP contribution in [0, 0.1) is 23.2 Å². The number of carboxylic acids is 4. The number of hydrogen-bond donors (Lipinski definition) is 18. The van der Waals surface area contributed by atoms with Crippen molar-refractivity contribution >= 4 is 176 Å². The van der Waals surface area contributed by atoms with E-state index in [2.05, 4.69) is 58.5 Å². The van der Waals surface area contributed by atoms with Crippen molar-refractivity contribution in [3.63, 3.8) is 0 Å². The van der Waals surface area contributed by atoms with Gasteiger partial charge in [-0.1, -0.05) is 113 Å². The number of Topliss-reactive ketones (excluding diaryl/α,β-unsaturated/α-hetero) is 2. The minimum atomic E-state index is -2.27. The maximum absolute atomic E-state index is 15.3. The maximum atomic E-state index is 15.3. The summed E-state index contributed by atoms with van der Waals surface area (Å²) in [6, 6.07) is 4.03. The molecule has 46 nitrogen and oxygen atoms in total. The Kier molecular flexibility index (Phi) is 48.2. The van der Waals surface area contributed by atoms with Gasteiger partial charge in [-0.05, 0) is 78.1 Å². The number of phenolic OH excluding ortho intramolecular Hbond substituents is 1. The van der Waals surface area contributed by atoms with E-state index in [-0.39, 0.29) is 120 Å². The van der Waals surface area contributed by atoms with Crippen LogP contribution in [-0.4, -0.2) is 350 Å². The van der Waals surface area contributed by atoms with Crippen LogP contribution in [0.5, 0.6) is 5.75 Å². The Morgan fingerprint density at radius 3 is 1.28 bits per heavy atom. The fourth-order valence-electron chi connectivity index (χ4n) is 15.3. The summed E-state index contributed by atoms with van der Waals surface area (Å²) in [5.74, 6) is -31.5. The van der Waals surface area contributed by atoms with Crippen molar-refractivity contribution in [2.75, 3.05) is 113 Å². The number of primary amides is 2. The molecule has 4 aromatic carbocycles. The molecule has 0 aliphatic carbocycles. The molecule has 14 atom stereocenters. The summed E-state index contributed by atoms with van der Waals surface area (Å²) in [7, 11) is 0. The van der Waals surface area contributed by atoms with Crippen LogP contribution in [-0.2, 0) is 139 Å². The summed E-state index contributed by atoms with van der Waals surface area (Å²) in [4.78, 5) is 316. The molecule has 0 saturated carbocycles. The van der Waals surface area contributed by atoms with E-state index < -0.39 is 302 Å². The number of hydrogen-bond acceptors (Lipinski definition) is 29. The van der Waals surface area contributed by atoms with Gasteiger partial charge in [0.15, 0.2) is 11.6 Å². The van der Waals surface area contributed by atoms with Gasteiger partial charge in [-0.3, -0.25) is 105 Å². The molecular weight excluding hydrogens is 1940 g/mol. The highest BCUT2D eigenvalue weighted by Gasteiger charge is 2.42. The third-order valence-electron chi connectivity index (χ3n) is 23.4. The lowest BCUT2D eigenvalue weighted by molar-refractivity contribution is -0.142. The molecule has 144 heavy (non-hydrogen) atoms. The number of rotatable bonds is 19. The molecule has 7 rings (SSSR count). The van der Waals surface area contributed by atoms with Crippen molar-refractivity contribution in [1.82, 2.24) is 73.2 Å². The van der Waals surface area contributed by atoms with Gasteiger partial charge in [0.1, 0.15) is 60.1 Å². The molecule has 3 fully saturated rings. The zero-order chi connectivity index (χ0) is 106. The number of benzene rings is 4. The highest BCUT2D eigenvalue weighted by atomic mass is 32.2. The summed E-state index contributed by atoms with van der Waals surface area (Å²) in [6.45, 7) is 6.63. The number of ketones is 2. The maximum Gasteiger partial charge on any atom is 0.305 e. The van der Waals surface area contributed by atoms with Crippen LogP contribution in [0.25, 0.3) is 10.8 Å². The van der Waals surface area contributed by atoms with Crippen LogP contribution in [0.1, 0.15) is 116 Å². The molecule has 3 aliphatic rings. The van der Waals surface area contributed by atoms with E-state index >= 15 is 24.0 Å². The molecule has 3 aliphatic heterocycles. The normalized spacial score (nSPS) is 24.9. The summed E-state index contributed by atoms with van der Waals surface area (Å²) in [6.07, 6.45) is -9.50. The Morgan fingerprint density at radius 1 is 0.389 bits per heavy atom. The number of aliphatic carboxylic acids is 4. The van der Waals surface area contributed by atoms with Crippen molar-refractivity contribution in [3.05, 3.63) is 114 Å². The van der Waals surface area contributed by atoms with Crippen molar-refractivity contribution in [3.8, 4) is 5.75 Å². The lowest BCUT2D eigenvalue weighted by atomic mass is 9.81. The monoisotopic (exact) mass is 2070 g/mol. The number of amides is 16. The lowest BCUT2D eigenvalue weighted by Crippen LogP contribution is -2.61. The van der Waals surface area contributed by atoms with Gasteiger partial charge in [0.2, 0.25) is 94.5 Å². The predicted molar refractivity (Wildman–Crippen MR) is 522 cm³/mol. The molecule has 3 heterocycles. The number of carbonyl (C=O) groups is 22. The average molecular weight is 2070 g/mol. The number of carbonyl (C=O) groups excluding carboxylic acids is 18. The largest absolute Gasteiger partial charge is 0.508 e. The molecular formula is C95H128N16O30S3. The fourth-order valence-corrected chi connectivity index (χ4v) is 18.3. The first-order chi connectivity index (χ1) is 68.2. The molecule has 0 radical (unpaired) electrons. The van der Waals surface area contributed by atoms with Crippen LogP contribution in [0.4, 0.5) is 0 Å². The molecule has 0 aromatic heterocycles. The smallest absolute Gasteiger partial charge is 0.305 e. The summed E-state index contributed by atoms with van der Waals surface area (Å²) < 4.78 is 18.1. The molecule has 3 saturated heterocycles. The van der Waals surface area contributed by atoms with Gasteiger partial charge in [-0.25, -0.2) is 0 Å². The summed E-state index contributed by atoms with van der Waals surface area (Å²) in [5, 5.41) is 79.1. The Morgan fingerprint density at radius 2 is 0.792 bits per heavy atom. The van der Waals surface area contributed by atoms with Crippen LogP contribution in [0.3, 0.4) is 0 Å². The number of nitrogens with two attached hydrogens (primary N) is 2. The second kappa shape index (κ2) is 59.0. The molecule has 4 bridgehead atoms. The minimum absolute atomic E-state index is 0.0208. The van der Waals surface area contributed by atoms with Gasteiger partial charge in [-0.2, -0.15) is 23.5 Å². The quantitative estimate of drug-likeness (QED) is 0.0465. The second-order valence-corrected chi connectivity index (χ2v) is 39.0. The van der Waals surface area contributed by atoms with Crippen LogP contribution < -0.4 is 70.0 Å². The fraction of sp³-hybridized carbons (Fsp3) is 0.537. The van der Waals surface area contributed by atoms with E-state index in [4.69, 9.17) is 25.7 Å². The molecule has 0 spiro atoms. The Bertz CT molecular complexity index is 5230. The zero-order valence-corrected chi connectivity index (χ0v) is 83.1. The number of phenols is 1. The van der Waals surface area contributed by atoms with Crippen molar-refractivity contribution in [2.24, 2.45) is 34.6 Å². The van der Waals surface area contributed by atoms with Crippen LogP contribution in [0.15, 0.2) is 97.1 Å². The van der Waals surface area contributed by atoms with Crippen molar-refractivity contribution in [2.45, 2.75) is 185 Å². The van der Waals surface area contributed by atoms with Gasteiger partial charge in [0.25, 0.3) is 0 Å². The topological polar surface area (TPSA) is 698 Å². The van der Waals surface area contributed by atoms with Gasteiger partial charge in [0.05, 0.1) is 94.2 Å². The number of aromatic hydroxyl groups is 1. The van der Waals surface area contributed by atoms with Gasteiger partial charge >= 0.3 is 23.9 Å². The third-order valence-corrected chi connectivity index (χ3v) is 26.7. The first kappa shape index (κ1) is 118. The first-order valence-electron chi connectivity index (χ1n) is 46.7. The van der Waals surface area contributed by atoms with E-state index in [1.54, 1.807) is 48.5 Å². The molecule has 16 amide bonds. The molecule has 0 unspecified atom stereocenters. The second-order valence-electron chi connectivity index (χ2n) is 36.0. The predicted octanol–water partition coefficient (Wildman–Crippen LogP) is -2.41. The molecule has 4 aromatic rings. The number of thioether (sulfide) groups is 3. The van der Waals surface area contributed by atoms with Crippen molar-refractivity contribution in [1.29, 1.82) is 0 Å². The standard InChI is InChI=1S/C95H128N16O30S3/c1-53-47-142-50-75(116)109-27-33-139-35-29-110-30-36-141-38-32-111(31-37-140-34-28-109)77(118)52-144-49-71(107-86(130)55(3)99-87(131)60(41-59-17-12-16-58-15-10-11-18-63(58)59)42-72(113)64(23-25-78(119)120)100-91(135)68(44-74(96)115)102-85(129)54(2)98-84(53)128)94(138)101-65(24-26-79(121)122)88(132)105-69(45-80(123)124)92(136)104-66(39-56-13-8-7-9-14-56)89(133)103-67(40-57-19-21-62(112)22-20-57)90(134)106-70(46-81(125)126)93(137)108-82(95(4,5)6)73(114)43-61(83(97)127)48-143-51-76(110)117/h7-22,53-55,60-61,64-71,82,112H,23-52H2,1-6H3,(H2,96,115)(H2,97,127)(H,98,128)(H,99,131)(H,100,135)(H,101,138)(H,102,129)(H,103,133)(H,104,136)(H,105,132)(H,106,134)(H,107,130)(H,108,137)(H,119,120)(H,121,122)(H,123,124)(H,125,126)/t53-,54+,55+,60+,61-,64-,65-,66-,67-,68-,69-,70-,71-,82+/m0/s1. The number of fused-ring (bicyclic) bond motifs is 15. The van der Waals surface area contributed by atoms with E-state index in [9.17, 15) is 107 Å². The summed E-state index contributed by atoms with van der Waals surface area (Å²) in [5.41, 5.74) is 11.2. The van der Waals surface area contributed by atoms with E-state index in [1.807, 2.05) is 0 Å². The number of nitrogens with zero attached hydrogens (tertiary/aromatic N) is 3. The van der Waals surface area contributed by atoms with Gasteiger partial charge < -0.3 is 124 Å².